The van der Waals surface area contributed by atoms with Crippen molar-refractivity contribution >= 4 is 7.60 Å². The number of rotatable bonds is 7. The fourth-order valence-corrected chi connectivity index (χ4v) is 3.61. The summed E-state index contributed by atoms with van der Waals surface area (Å²) in [5.74, 6) is 0. The molecule has 0 saturated carbocycles. The van der Waals surface area contributed by atoms with E-state index in [1.54, 1.807) is 12.1 Å². The first-order chi connectivity index (χ1) is 12.1. The molecule has 0 aliphatic rings. The van der Waals surface area contributed by atoms with E-state index in [9.17, 15) is 9.46 Å². The number of benzene rings is 3. The Bertz CT molecular complexity index is 786. The van der Waals surface area contributed by atoms with Crippen LogP contribution >= 0.6 is 7.60 Å². The van der Waals surface area contributed by atoms with Crippen LogP contribution in [0.4, 0.5) is 0 Å². The van der Waals surface area contributed by atoms with Crippen LogP contribution in [0, 0.1) is 0 Å². The van der Waals surface area contributed by atoms with Crippen LogP contribution in [0.2, 0.25) is 0 Å². The molecule has 5 heteroatoms. The normalized spacial score (nSPS) is 13.5. The fraction of sp³-hybridized carbons (Fsp3) is 0.100. The maximum Gasteiger partial charge on any atom is 0.348 e. The van der Waals surface area contributed by atoms with Gasteiger partial charge in [0.05, 0.1) is 12.2 Å². The molecule has 0 aliphatic heterocycles. The van der Waals surface area contributed by atoms with Gasteiger partial charge in [-0.25, -0.2) is 4.62 Å². The Kier molecular flexibility index (Phi) is 5.79. The van der Waals surface area contributed by atoms with Gasteiger partial charge in [-0.15, -0.1) is 0 Å². The summed E-state index contributed by atoms with van der Waals surface area (Å²) in [5.41, 5.74) is 5.46. The highest BCUT2D eigenvalue weighted by Gasteiger charge is 2.23. The van der Waals surface area contributed by atoms with Crippen LogP contribution in [-0.4, -0.2) is 4.89 Å². The molecule has 25 heavy (non-hydrogen) atoms. The van der Waals surface area contributed by atoms with Gasteiger partial charge in [-0.1, -0.05) is 91.0 Å². The molecular formula is C20H20NO3P. The maximum atomic E-state index is 12.4. The van der Waals surface area contributed by atoms with Crippen molar-refractivity contribution in [2.24, 2.45) is 0 Å². The number of nitrogens with one attached hydrogen (secondary N) is 1. The molecule has 2 N–H and O–H groups in total. The zero-order valence-electron chi connectivity index (χ0n) is 13.7. The smallest absolute Gasteiger partial charge is 0.323 e. The second-order valence-electron chi connectivity index (χ2n) is 5.74. The number of hydroxylamine groups is 1. The van der Waals surface area contributed by atoms with E-state index in [1.807, 2.05) is 78.9 Å². The third-order valence-corrected chi connectivity index (χ3v) is 4.96. The van der Waals surface area contributed by atoms with Gasteiger partial charge >= 0.3 is 7.60 Å². The summed E-state index contributed by atoms with van der Waals surface area (Å²) in [6.07, 6.45) is -0.0445. The Balaban J connectivity index is 1.76. The Labute approximate surface area is 147 Å². The third-order valence-electron chi connectivity index (χ3n) is 3.80. The molecule has 3 aromatic rings. The molecule has 0 aromatic heterocycles. The van der Waals surface area contributed by atoms with E-state index in [2.05, 4.69) is 5.48 Å². The quantitative estimate of drug-likeness (QED) is 0.478. The van der Waals surface area contributed by atoms with Crippen molar-refractivity contribution in [3.8, 4) is 0 Å². The van der Waals surface area contributed by atoms with E-state index < -0.39 is 7.60 Å². The van der Waals surface area contributed by atoms with Crippen LogP contribution in [0.25, 0.3) is 0 Å². The van der Waals surface area contributed by atoms with Crippen molar-refractivity contribution in [2.45, 2.75) is 12.2 Å². The average molecular weight is 353 g/mol. The van der Waals surface area contributed by atoms with E-state index in [4.69, 9.17) is 4.62 Å². The molecule has 1 atom stereocenters. The Morgan fingerprint density at radius 3 is 1.72 bits per heavy atom. The summed E-state index contributed by atoms with van der Waals surface area (Å²) in [6, 6.07) is 28.2. The summed E-state index contributed by atoms with van der Waals surface area (Å²) in [7, 11) is -3.82. The highest BCUT2D eigenvalue weighted by Crippen LogP contribution is 2.45. The number of hydrogen-bond donors (Lipinski definition) is 2. The second-order valence-corrected chi connectivity index (χ2v) is 7.52. The molecular weight excluding hydrogens is 333 g/mol. The van der Waals surface area contributed by atoms with Crippen LogP contribution in [0.1, 0.15) is 22.7 Å². The standard InChI is InChI=1S/C20H20NO3P/c22-25(23,16-17-10-4-1-5-11-17)24-21-20(18-12-6-2-7-13-18)19-14-8-3-9-15-19/h1-15,20-21H,16H2,(H,22,23). The van der Waals surface area contributed by atoms with Crippen molar-refractivity contribution in [1.82, 2.24) is 5.48 Å². The lowest BCUT2D eigenvalue weighted by molar-refractivity contribution is 0.144. The molecule has 3 aromatic carbocycles. The van der Waals surface area contributed by atoms with E-state index in [0.717, 1.165) is 16.7 Å². The predicted octanol–water partition coefficient (Wildman–Crippen LogP) is 4.68. The summed E-state index contributed by atoms with van der Waals surface area (Å²) in [5, 5.41) is 0. The lowest BCUT2D eigenvalue weighted by Crippen LogP contribution is -2.22. The molecule has 0 fully saturated rings. The fourth-order valence-electron chi connectivity index (χ4n) is 2.60. The van der Waals surface area contributed by atoms with Crippen molar-refractivity contribution in [2.75, 3.05) is 0 Å². The predicted molar refractivity (Wildman–Crippen MR) is 98.9 cm³/mol. The van der Waals surface area contributed by atoms with E-state index in [1.165, 1.54) is 0 Å². The molecule has 4 nitrogen and oxygen atoms in total. The molecule has 0 radical (unpaired) electrons. The van der Waals surface area contributed by atoms with Crippen LogP contribution in [0.5, 0.6) is 0 Å². The maximum absolute atomic E-state index is 12.4. The molecule has 128 valence electrons. The first-order valence-corrected chi connectivity index (χ1v) is 9.80. The summed E-state index contributed by atoms with van der Waals surface area (Å²) in [6.45, 7) is 0. The van der Waals surface area contributed by atoms with Crippen molar-refractivity contribution in [1.29, 1.82) is 0 Å². The monoisotopic (exact) mass is 353 g/mol. The molecule has 0 saturated heterocycles. The van der Waals surface area contributed by atoms with Crippen LogP contribution < -0.4 is 5.48 Å². The topological polar surface area (TPSA) is 58.6 Å². The Morgan fingerprint density at radius 2 is 1.24 bits per heavy atom. The van der Waals surface area contributed by atoms with E-state index in [-0.39, 0.29) is 12.2 Å². The summed E-state index contributed by atoms with van der Waals surface area (Å²) >= 11 is 0. The van der Waals surface area contributed by atoms with Crippen LogP contribution in [0.15, 0.2) is 91.0 Å². The van der Waals surface area contributed by atoms with E-state index >= 15 is 0 Å². The average Bonchev–Trinajstić information content (AvgIpc) is 2.64. The SMILES string of the molecule is O=P(O)(Cc1ccccc1)ONC(c1ccccc1)c1ccccc1. The minimum absolute atomic E-state index is 0.0445. The lowest BCUT2D eigenvalue weighted by atomic mass is 10.00. The van der Waals surface area contributed by atoms with Gasteiger partial charge in [0.15, 0.2) is 0 Å². The highest BCUT2D eigenvalue weighted by molar-refractivity contribution is 7.51. The summed E-state index contributed by atoms with van der Waals surface area (Å²) < 4.78 is 17.7. The van der Waals surface area contributed by atoms with Gasteiger partial charge in [-0.3, -0.25) is 4.57 Å². The van der Waals surface area contributed by atoms with Crippen molar-refractivity contribution < 1.29 is 14.1 Å². The second kappa shape index (κ2) is 8.24. The minimum atomic E-state index is -3.82. The Hall–Kier alpha value is -2.23. The van der Waals surface area contributed by atoms with Gasteiger partial charge in [-0.05, 0) is 16.7 Å². The molecule has 0 aliphatic carbocycles. The van der Waals surface area contributed by atoms with Crippen molar-refractivity contribution in [3.63, 3.8) is 0 Å². The molecule has 3 rings (SSSR count). The first-order valence-electron chi connectivity index (χ1n) is 8.04. The van der Waals surface area contributed by atoms with E-state index in [0.29, 0.717) is 0 Å². The van der Waals surface area contributed by atoms with Gasteiger partial charge in [0.1, 0.15) is 0 Å². The molecule has 0 amide bonds. The van der Waals surface area contributed by atoms with Crippen molar-refractivity contribution in [3.05, 3.63) is 108 Å². The lowest BCUT2D eigenvalue weighted by Gasteiger charge is -2.21. The van der Waals surface area contributed by atoms with Crippen LogP contribution in [0.3, 0.4) is 0 Å². The van der Waals surface area contributed by atoms with Crippen LogP contribution in [-0.2, 0) is 15.4 Å². The highest BCUT2D eigenvalue weighted by atomic mass is 31.2. The van der Waals surface area contributed by atoms with Gasteiger partial charge < -0.3 is 4.89 Å². The minimum Gasteiger partial charge on any atom is -0.323 e. The molecule has 0 spiro atoms. The Morgan fingerprint density at radius 1 is 0.800 bits per heavy atom. The third kappa shape index (κ3) is 5.12. The summed E-state index contributed by atoms with van der Waals surface area (Å²) in [4.78, 5) is 10.2. The molecule has 0 bridgehead atoms. The van der Waals surface area contributed by atoms with Gasteiger partial charge in [0.25, 0.3) is 0 Å². The largest absolute Gasteiger partial charge is 0.348 e. The zero-order valence-corrected chi connectivity index (χ0v) is 14.6. The van der Waals surface area contributed by atoms with Gasteiger partial charge in [0.2, 0.25) is 0 Å². The number of hydrogen-bond acceptors (Lipinski definition) is 3. The molecule has 1 unspecified atom stereocenters. The van der Waals surface area contributed by atoms with Gasteiger partial charge in [-0.2, -0.15) is 5.48 Å². The molecule has 0 heterocycles. The zero-order chi connectivity index (χ0) is 17.5. The first kappa shape index (κ1) is 17.6. The van der Waals surface area contributed by atoms with Gasteiger partial charge in [0, 0.05) is 0 Å².